The number of fused-ring (bicyclic) bond motifs is 1. The van der Waals surface area contributed by atoms with Gasteiger partial charge in [-0.15, -0.1) is 5.10 Å². The van der Waals surface area contributed by atoms with Gasteiger partial charge in [-0.1, -0.05) is 22.5 Å². The van der Waals surface area contributed by atoms with Crippen molar-refractivity contribution < 1.29 is 0 Å². The Morgan fingerprint density at radius 2 is 2.07 bits per heavy atom. The van der Waals surface area contributed by atoms with E-state index in [1.54, 1.807) is 0 Å². The van der Waals surface area contributed by atoms with Crippen molar-refractivity contribution in [3.63, 3.8) is 0 Å². The molecule has 0 radical (unpaired) electrons. The normalized spacial score (nSPS) is 31.0. The average Bonchev–Trinajstić information content (AvgIpc) is 2.83. The molecule has 2 aliphatic rings. The zero-order valence-electron chi connectivity index (χ0n) is 8.53. The highest BCUT2D eigenvalue weighted by Crippen LogP contribution is 2.38. The van der Waals surface area contributed by atoms with Crippen molar-refractivity contribution in [3.05, 3.63) is 10.0 Å². The van der Waals surface area contributed by atoms with Gasteiger partial charge in [-0.3, -0.25) is 4.90 Å². The molecular weight excluding hydrogens is 230 g/mol. The van der Waals surface area contributed by atoms with Crippen molar-refractivity contribution in [2.45, 2.75) is 25.8 Å². The van der Waals surface area contributed by atoms with Crippen LogP contribution in [0.25, 0.3) is 0 Å². The summed E-state index contributed by atoms with van der Waals surface area (Å²) < 4.78 is 4.63. The molecule has 1 aromatic rings. The molecule has 3 nitrogen and oxygen atoms in total. The molecule has 2 atom stereocenters. The van der Waals surface area contributed by atoms with E-state index < -0.39 is 0 Å². The van der Waals surface area contributed by atoms with Crippen molar-refractivity contribution in [1.29, 1.82) is 0 Å². The van der Waals surface area contributed by atoms with Gasteiger partial charge >= 0.3 is 0 Å². The number of halogens is 1. The highest BCUT2D eigenvalue weighted by atomic mass is 35.5. The van der Waals surface area contributed by atoms with E-state index >= 15 is 0 Å². The van der Waals surface area contributed by atoms with Gasteiger partial charge in [-0.05, 0) is 24.7 Å². The lowest BCUT2D eigenvalue weighted by molar-refractivity contribution is 0.300. The largest absolute Gasteiger partial charge is 0.297 e. The van der Waals surface area contributed by atoms with Gasteiger partial charge < -0.3 is 0 Å². The Hall–Kier alpha value is -0.190. The van der Waals surface area contributed by atoms with Crippen molar-refractivity contribution in [3.8, 4) is 0 Å². The lowest BCUT2D eigenvalue weighted by Gasteiger charge is -2.14. The fourth-order valence-electron chi connectivity index (χ4n) is 2.96. The average molecular weight is 244 g/mol. The predicted molar refractivity (Wildman–Crippen MR) is 61.0 cm³/mol. The van der Waals surface area contributed by atoms with Gasteiger partial charge in [0.1, 0.15) is 10.0 Å². The van der Waals surface area contributed by atoms with Gasteiger partial charge in [0.05, 0.1) is 0 Å². The first-order chi connectivity index (χ1) is 7.33. The lowest BCUT2D eigenvalue weighted by Crippen LogP contribution is -2.21. The molecular formula is C10H14ClN3S. The SMILES string of the molecule is Clc1snnc1CN1CC2CCCC2C1. The number of nitrogens with zero attached hydrogens (tertiary/aromatic N) is 3. The highest BCUT2D eigenvalue weighted by Gasteiger charge is 2.36. The Bertz CT molecular complexity index is 342. The quantitative estimate of drug-likeness (QED) is 0.799. The fourth-order valence-corrected chi connectivity index (χ4v) is 3.58. The molecule has 3 rings (SSSR count). The van der Waals surface area contributed by atoms with Gasteiger partial charge in [-0.2, -0.15) is 0 Å². The first-order valence-electron chi connectivity index (χ1n) is 5.52. The molecule has 1 aliphatic heterocycles. The molecule has 0 aromatic carbocycles. The molecule has 1 aliphatic carbocycles. The monoisotopic (exact) mass is 243 g/mol. The maximum atomic E-state index is 6.01. The molecule has 1 saturated heterocycles. The van der Waals surface area contributed by atoms with Crippen molar-refractivity contribution in [2.24, 2.45) is 11.8 Å². The smallest absolute Gasteiger partial charge is 0.138 e. The second-order valence-electron chi connectivity index (χ2n) is 4.64. The van der Waals surface area contributed by atoms with Crippen LogP contribution in [0.1, 0.15) is 25.0 Å². The van der Waals surface area contributed by atoms with Crippen LogP contribution in [0, 0.1) is 11.8 Å². The summed E-state index contributed by atoms with van der Waals surface area (Å²) in [6.45, 7) is 3.36. The van der Waals surface area contributed by atoms with Crippen molar-refractivity contribution >= 4 is 23.1 Å². The van der Waals surface area contributed by atoms with E-state index in [2.05, 4.69) is 14.5 Å². The third kappa shape index (κ3) is 1.90. The molecule has 1 aromatic heterocycles. The molecule has 2 fully saturated rings. The molecule has 0 spiro atoms. The summed E-state index contributed by atoms with van der Waals surface area (Å²) in [5, 5.41) is 4.07. The first kappa shape index (κ1) is 10.00. The minimum absolute atomic E-state index is 0.757. The van der Waals surface area contributed by atoms with Crippen LogP contribution >= 0.6 is 23.1 Å². The van der Waals surface area contributed by atoms with Crippen molar-refractivity contribution in [2.75, 3.05) is 13.1 Å². The molecule has 2 unspecified atom stereocenters. The van der Waals surface area contributed by atoms with E-state index in [-0.39, 0.29) is 0 Å². The number of likely N-dealkylation sites (tertiary alicyclic amines) is 1. The van der Waals surface area contributed by atoms with Gasteiger partial charge in [-0.25, -0.2) is 0 Å². The number of hydrogen-bond acceptors (Lipinski definition) is 4. The third-order valence-electron chi connectivity index (χ3n) is 3.68. The molecule has 0 amide bonds. The van der Waals surface area contributed by atoms with E-state index in [0.717, 1.165) is 28.4 Å². The molecule has 15 heavy (non-hydrogen) atoms. The molecule has 82 valence electrons. The summed E-state index contributed by atoms with van der Waals surface area (Å²) >= 11 is 7.29. The van der Waals surface area contributed by atoms with E-state index in [9.17, 15) is 0 Å². The number of aromatic nitrogens is 2. The van der Waals surface area contributed by atoms with Gasteiger partial charge in [0.2, 0.25) is 0 Å². The number of rotatable bonds is 2. The second kappa shape index (κ2) is 4.00. The fraction of sp³-hybridized carbons (Fsp3) is 0.800. The highest BCUT2D eigenvalue weighted by molar-refractivity contribution is 7.10. The van der Waals surface area contributed by atoms with E-state index in [1.165, 1.54) is 43.9 Å². The Morgan fingerprint density at radius 3 is 2.67 bits per heavy atom. The van der Waals surface area contributed by atoms with Crippen LogP contribution in [0.3, 0.4) is 0 Å². The van der Waals surface area contributed by atoms with E-state index in [1.807, 2.05) is 0 Å². The zero-order valence-corrected chi connectivity index (χ0v) is 10.1. The van der Waals surface area contributed by atoms with Crippen LogP contribution in [0.5, 0.6) is 0 Å². The molecule has 5 heteroatoms. The summed E-state index contributed by atoms with van der Waals surface area (Å²) in [4.78, 5) is 2.48. The van der Waals surface area contributed by atoms with Gasteiger partial charge in [0, 0.05) is 31.2 Å². The Morgan fingerprint density at radius 1 is 1.33 bits per heavy atom. The van der Waals surface area contributed by atoms with Crippen LogP contribution in [0.2, 0.25) is 4.34 Å². The molecule has 0 N–H and O–H groups in total. The third-order valence-corrected chi connectivity index (χ3v) is 4.67. The minimum atomic E-state index is 0.757. The molecule has 2 heterocycles. The Labute approximate surface area is 98.6 Å². The van der Waals surface area contributed by atoms with Crippen LogP contribution in [-0.4, -0.2) is 27.6 Å². The zero-order chi connectivity index (χ0) is 10.3. The minimum Gasteiger partial charge on any atom is -0.297 e. The van der Waals surface area contributed by atoms with E-state index in [4.69, 9.17) is 11.6 Å². The summed E-state index contributed by atoms with van der Waals surface area (Å²) in [6.07, 6.45) is 4.27. The van der Waals surface area contributed by atoms with Gasteiger partial charge in [0.25, 0.3) is 0 Å². The number of hydrogen-bond donors (Lipinski definition) is 0. The maximum absolute atomic E-state index is 6.01. The van der Waals surface area contributed by atoms with Crippen LogP contribution in [0.15, 0.2) is 0 Å². The van der Waals surface area contributed by atoms with Crippen LogP contribution in [-0.2, 0) is 6.54 Å². The summed E-state index contributed by atoms with van der Waals surface area (Å²) in [5.74, 6) is 1.88. The molecule has 0 bridgehead atoms. The summed E-state index contributed by atoms with van der Waals surface area (Å²) in [5.41, 5.74) is 0.960. The van der Waals surface area contributed by atoms with Crippen molar-refractivity contribution in [1.82, 2.24) is 14.5 Å². The molecule has 1 saturated carbocycles. The predicted octanol–water partition coefficient (Wildman–Crippen LogP) is 2.42. The maximum Gasteiger partial charge on any atom is 0.138 e. The van der Waals surface area contributed by atoms with Crippen LogP contribution < -0.4 is 0 Å². The van der Waals surface area contributed by atoms with Crippen LogP contribution in [0.4, 0.5) is 0 Å². The second-order valence-corrected chi connectivity index (χ2v) is 5.99. The topological polar surface area (TPSA) is 29.0 Å². The Kier molecular flexibility index (Phi) is 2.66. The standard InChI is InChI=1S/C10H14ClN3S/c11-10-9(12-13-15-10)6-14-4-7-2-1-3-8(7)5-14/h7-8H,1-6H2. The first-order valence-corrected chi connectivity index (χ1v) is 6.67. The summed E-state index contributed by atoms with van der Waals surface area (Å²) in [6, 6.07) is 0. The lowest BCUT2D eigenvalue weighted by atomic mass is 10.0. The van der Waals surface area contributed by atoms with Gasteiger partial charge in [0.15, 0.2) is 0 Å². The Balaban J connectivity index is 1.64. The van der Waals surface area contributed by atoms with E-state index in [0.29, 0.717) is 0 Å². The summed E-state index contributed by atoms with van der Waals surface area (Å²) in [7, 11) is 0.